The van der Waals surface area contributed by atoms with Crippen LogP contribution in [0.5, 0.6) is 0 Å². The summed E-state index contributed by atoms with van der Waals surface area (Å²) in [5.74, 6) is 0. The average molecular weight is 992 g/mol. The Labute approximate surface area is 187 Å². The minimum atomic E-state index is -1.14. The fraction of sp³-hybridized carbons (Fsp3) is 1.00. The van der Waals surface area contributed by atoms with Crippen LogP contribution in [0.3, 0.4) is 0 Å². The summed E-state index contributed by atoms with van der Waals surface area (Å²) >= 11 is 17.7. The Balaban J connectivity index is 6.04. The molecule has 0 aliphatic carbocycles. The van der Waals surface area contributed by atoms with E-state index < -0.39 is 21.5 Å². The molecule has 0 unspecified atom stereocenters. The summed E-state index contributed by atoms with van der Waals surface area (Å²) in [6, 6.07) is 0. The van der Waals surface area contributed by atoms with Crippen molar-refractivity contribution in [3.05, 3.63) is 0 Å². The van der Waals surface area contributed by atoms with Gasteiger partial charge in [0.1, 0.15) is 4.12 Å². The standard InChI is InChI=1S/C6H18I6Si5/c1-13(2,3)17(12,14(4,5)6)16(10,11)15(7,8)9/h1-6H3. The first-order valence-electron chi connectivity index (χ1n) is 5.13. The van der Waals surface area contributed by atoms with Gasteiger partial charge in [0.2, 0.25) is 2.10 Å². The van der Waals surface area contributed by atoms with Crippen molar-refractivity contribution in [2.24, 2.45) is 0 Å². The zero-order chi connectivity index (χ0) is 14.5. The molecule has 0 nitrogen and oxygen atoms in total. The van der Waals surface area contributed by atoms with Gasteiger partial charge >= 0.3 is 0 Å². The van der Waals surface area contributed by atoms with E-state index in [0.717, 1.165) is 0 Å². The molecule has 11 heteroatoms. The lowest BCUT2D eigenvalue weighted by atomic mass is 11.8. The molecule has 0 bridgehead atoms. The van der Waals surface area contributed by atoms with E-state index in [1.807, 2.05) is 0 Å². The van der Waals surface area contributed by atoms with Crippen LogP contribution in [-0.4, -0.2) is 21.5 Å². The average Bonchev–Trinajstić information content (AvgIpc) is 1.95. The van der Waals surface area contributed by atoms with Gasteiger partial charge in [-0.15, -0.1) is 65.4 Å². The lowest BCUT2D eigenvalue weighted by Gasteiger charge is -2.53. The van der Waals surface area contributed by atoms with Gasteiger partial charge in [-0.2, -0.15) is 0 Å². The molecule has 0 rings (SSSR count). The molecule has 0 aliphatic heterocycles. The van der Waals surface area contributed by atoms with Crippen LogP contribution in [0, 0.1) is 0 Å². The second-order valence-corrected chi connectivity index (χ2v) is 132. The summed E-state index contributed by atoms with van der Waals surface area (Å²) in [5.41, 5.74) is 0. The van der Waals surface area contributed by atoms with E-state index in [9.17, 15) is 0 Å². The number of halogens is 6. The van der Waals surface area contributed by atoms with Crippen LogP contribution in [0.2, 0.25) is 39.3 Å². The highest BCUT2D eigenvalue weighted by molar-refractivity contribution is 14.4. The van der Waals surface area contributed by atoms with Crippen molar-refractivity contribution in [3.8, 4) is 0 Å². The fourth-order valence-corrected chi connectivity index (χ4v) is 306. The zero-order valence-electron chi connectivity index (χ0n) is 10.8. The quantitative estimate of drug-likeness (QED) is 0.163. The molecule has 0 aliphatic rings. The summed E-state index contributed by atoms with van der Waals surface area (Å²) < 4.78 is -3.35. The van der Waals surface area contributed by atoms with Crippen molar-refractivity contribution >= 4 is 152 Å². The lowest BCUT2D eigenvalue weighted by Crippen LogP contribution is -2.81. The molecule has 0 radical (unpaired) electrons. The molecule has 0 aromatic heterocycles. The number of hydrogen-bond acceptors (Lipinski definition) is 0. The number of rotatable bonds is 4. The van der Waals surface area contributed by atoms with E-state index in [-0.39, 0.29) is 0 Å². The Bertz CT molecular complexity index is 273. The zero-order valence-corrected chi connectivity index (χ0v) is 28.7. The molecule has 0 fully saturated rings. The third kappa shape index (κ3) is 4.73. The first-order chi connectivity index (χ1) is 7.00. The van der Waals surface area contributed by atoms with Crippen LogP contribution >= 0.6 is 131 Å². The molecule has 0 N–H and O–H groups in total. The van der Waals surface area contributed by atoms with Crippen LogP contribution in [0.25, 0.3) is 0 Å². The van der Waals surface area contributed by atoms with Gasteiger partial charge < -0.3 is 0 Å². The minimum absolute atomic E-state index is 1.04. The monoisotopic (exact) mass is 991 g/mol. The second kappa shape index (κ2) is 7.15. The van der Waals surface area contributed by atoms with Crippen LogP contribution in [0.15, 0.2) is 0 Å². The molecule has 0 heterocycles. The summed E-state index contributed by atoms with van der Waals surface area (Å²) in [4.78, 5) is 0. The summed E-state index contributed by atoms with van der Waals surface area (Å²) in [6.45, 7) is 16.0. The van der Waals surface area contributed by atoms with Gasteiger partial charge in [-0.25, -0.2) is 0 Å². The predicted molar refractivity (Wildman–Crippen MR) is 148 cm³/mol. The predicted octanol–water partition coefficient (Wildman–Crippen LogP) is 6.91. The van der Waals surface area contributed by atoms with Crippen molar-refractivity contribution in [2.45, 2.75) is 39.3 Å². The molecule has 0 amide bonds. The Morgan fingerprint density at radius 3 is 0.824 bits per heavy atom. The fourth-order valence-electron chi connectivity index (χ4n) is 2.26. The van der Waals surface area contributed by atoms with E-state index in [4.69, 9.17) is 0 Å². The van der Waals surface area contributed by atoms with Gasteiger partial charge in [0, 0.05) is 15.2 Å². The maximum absolute atomic E-state index is 3.09. The van der Waals surface area contributed by atoms with Crippen LogP contribution in [0.4, 0.5) is 0 Å². The van der Waals surface area contributed by atoms with E-state index >= 15 is 0 Å². The Kier molecular flexibility index (Phi) is 9.44. The first-order valence-corrected chi connectivity index (χ1v) is 40.8. The maximum atomic E-state index is 3.09. The van der Waals surface area contributed by atoms with Gasteiger partial charge in [0.05, 0.1) is 0 Å². The topological polar surface area (TPSA) is 0 Å². The van der Waals surface area contributed by atoms with Crippen molar-refractivity contribution in [1.82, 2.24) is 0 Å². The Hall–Kier alpha value is 5.46. The molecule has 0 spiro atoms. The molecule has 0 aromatic rings. The van der Waals surface area contributed by atoms with Gasteiger partial charge in [-0.05, 0) is 0 Å². The van der Waals surface area contributed by atoms with Crippen molar-refractivity contribution in [2.75, 3.05) is 0 Å². The van der Waals surface area contributed by atoms with Crippen LogP contribution in [0.1, 0.15) is 0 Å². The van der Waals surface area contributed by atoms with Crippen molar-refractivity contribution in [1.29, 1.82) is 0 Å². The molecule has 17 heavy (non-hydrogen) atoms. The SMILES string of the molecule is C[Si](C)(C)[Si](I)([Si](C)(C)C)[Si](I)(I)[Si](I)(I)I. The molecule has 0 saturated heterocycles. The Morgan fingerprint density at radius 1 is 0.529 bits per heavy atom. The summed E-state index contributed by atoms with van der Waals surface area (Å²) in [7, 11) is -2.07. The lowest BCUT2D eigenvalue weighted by molar-refractivity contribution is 1.81. The van der Waals surface area contributed by atoms with Gasteiger partial charge in [-0.3, -0.25) is 0 Å². The molecular weight excluding hydrogens is 974 g/mol. The van der Waals surface area contributed by atoms with E-state index in [1.165, 1.54) is 0 Å². The normalized spacial score (nSPS) is 16.2. The largest absolute Gasteiger partial charge is 0.262 e. The van der Waals surface area contributed by atoms with Gasteiger partial charge in [0.15, 0.2) is 0 Å². The maximum Gasteiger partial charge on any atom is 0.262 e. The minimum Gasteiger partial charge on any atom is -0.127 e. The highest BCUT2D eigenvalue weighted by Crippen LogP contribution is 2.57. The van der Waals surface area contributed by atoms with Crippen molar-refractivity contribution in [3.63, 3.8) is 0 Å². The van der Waals surface area contributed by atoms with E-state index in [0.29, 0.717) is 0 Å². The van der Waals surface area contributed by atoms with Crippen molar-refractivity contribution < 1.29 is 0 Å². The third-order valence-electron chi connectivity index (χ3n) is 2.86. The molecular formula is C6H18I6Si5. The van der Waals surface area contributed by atoms with E-state index in [1.54, 1.807) is 0 Å². The summed E-state index contributed by atoms with van der Waals surface area (Å²) in [5, 5.41) is 0. The first kappa shape index (κ1) is 22.5. The third-order valence-corrected chi connectivity index (χ3v) is 269. The number of hydrogen-bond donors (Lipinski definition) is 0. The molecule has 0 aromatic carbocycles. The Morgan fingerprint density at radius 2 is 0.765 bits per heavy atom. The highest BCUT2D eigenvalue weighted by Gasteiger charge is 2.71. The van der Waals surface area contributed by atoms with Crippen LogP contribution < -0.4 is 0 Å². The molecule has 0 saturated carbocycles. The van der Waals surface area contributed by atoms with Crippen LogP contribution in [-0.2, 0) is 0 Å². The van der Waals surface area contributed by atoms with E-state index in [2.05, 4.69) is 170 Å². The summed E-state index contributed by atoms with van der Waals surface area (Å²) in [6.07, 6.45) is 0. The van der Waals surface area contributed by atoms with Gasteiger partial charge in [0.25, 0.3) is 0.0813 Å². The highest BCUT2D eigenvalue weighted by atomic mass is 127. The second-order valence-electron chi connectivity index (χ2n) is 6.23. The van der Waals surface area contributed by atoms with Gasteiger partial charge in [-0.1, -0.05) is 105 Å². The molecule has 104 valence electrons. The molecule has 0 atom stereocenters. The smallest absolute Gasteiger partial charge is 0.127 e.